The highest BCUT2D eigenvalue weighted by atomic mass is 15.3. The summed E-state index contributed by atoms with van der Waals surface area (Å²) in [5.74, 6) is 2.03. The van der Waals surface area contributed by atoms with Crippen LogP contribution in [0.1, 0.15) is 38.8 Å². The predicted octanol–water partition coefficient (Wildman–Crippen LogP) is 2.03. The molecule has 0 amide bonds. The molecule has 1 aliphatic rings. The van der Waals surface area contributed by atoms with E-state index in [1.54, 1.807) is 0 Å². The van der Waals surface area contributed by atoms with Crippen molar-refractivity contribution in [3.63, 3.8) is 0 Å². The summed E-state index contributed by atoms with van der Waals surface area (Å²) in [5, 5.41) is 4.62. The van der Waals surface area contributed by atoms with Crippen LogP contribution in [0.25, 0.3) is 5.52 Å². The van der Waals surface area contributed by atoms with Gasteiger partial charge in [-0.3, -0.25) is 0 Å². The Morgan fingerprint density at radius 1 is 1.35 bits per heavy atom. The van der Waals surface area contributed by atoms with Crippen molar-refractivity contribution < 1.29 is 0 Å². The molecule has 2 N–H and O–H groups in total. The maximum absolute atomic E-state index is 6.16. The van der Waals surface area contributed by atoms with Gasteiger partial charge < -0.3 is 10.6 Å². The fraction of sp³-hybridized carbons (Fsp3) is 0.600. The van der Waals surface area contributed by atoms with E-state index in [1.165, 1.54) is 0 Å². The molecule has 2 aromatic heterocycles. The standard InChI is InChI=1S/C15H23N5/c1-10(2)13-7-14-15(17-4-5-20(14)18-13)19-8-11(3)6-12(16)9-19/h4-5,7,10-12H,6,8-9,16H2,1-3H3. The Morgan fingerprint density at radius 3 is 2.85 bits per heavy atom. The van der Waals surface area contributed by atoms with E-state index in [2.05, 4.69) is 41.8 Å². The number of aromatic nitrogens is 3. The molecule has 5 heteroatoms. The Kier molecular flexibility index (Phi) is 3.38. The normalized spacial score (nSPS) is 23.8. The Morgan fingerprint density at radius 2 is 2.15 bits per heavy atom. The molecule has 2 atom stereocenters. The van der Waals surface area contributed by atoms with Crippen LogP contribution in [-0.2, 0) is 0 Å². The number of hydrogen-bond acceptors (Lipinski definition) is 4. The number of rotatable bonds is 2. The van der Waals surface area contributed by atoms with E-state index >= 15 is 0 Å². The van der Waals surface area contributed by atoms with Gasteiger partial charge in [-0.25, -0.2) is 9.50 Å². The minimum Gasteiger partial charge on any atom is -0.353 e. The summed E-state index contributed by atoms with van der Waals surface area (Å²) in [7, 11) is 0. The summed E-state index contributed by atoms with van der Waals surface area (Å²) >= 11 is 0. The number of nitrogens with zero attached hydrogens (tertiary/aromatic N) is 4. The lowest BCUT2D eigenvalue weighted by Crippen LogP contribution is -2.46. The highest BCUT2D eigenvalue weighted by Crippen LogP contribution is 2.26. The van der Waals surface area contributed by atoms with Gasteiger partial charge in [0.15, 0.2) is 5.82 Å². The first-order valence-electron chi connectivity index (χ1n) is 7.39. The van der Waals surface area contributed by atoms with Crippen molar-refractivity contribution in [1.82, 2.24) is 14.6 Å². The van der Waals surface area contributed by atoms with Crippen LogP contribution in [0.2, 0.25) is 0 Å². The van der Waals surface area contributed by atoms with Crippen molar-refractivity contribution in [1.29, 1.82) is 0 Å². The van der Waals surface area contributed by atoms with Gasteiger partial charge in [0, 0.05) is 31.5 Å². The van der Waals surface area contributed by atoms with Gasteiger partial charge in [0.1, 0.15) is 5.52 Å². The molecular weight excluding hydrogens is 250 g/mol. The molecular formula is C15H23N5. The van der Waals surface area contributed by atoms with Crippen molar-refractivity contribution in [3.05, 3.63) is 24.2 Å². The van der Waals surface area contributed by atoms with Gasteiger partial charge in [-0.15, -0.1) is 0 Å². The molecule has 1 aliphatic heterocycles. The Balaban J connectivity index is 2.02. The van der Waals surface area contributed by atoms with Crippen LogP contribution in [0.15, 0.2) is 18.5 Å². The second-order valence-electron chi connectivity index (χ2n) is 6.31. The molecule has 2 unspecified atom stereocenters. The maximum Gasteiger partial charge on any atom is 0.154 e. The number of anilines is 1. The molecule has 3 heterocycles. The van der Waals surface area contributed by atoms with E-state index in [0.717, 1.165) is 36.5 Å². The number of piperidine rings is 1. The number of fused-ring (bicyclic) bond motifs is 1. The molecule has 3 rings (SSSR count). The highest BCUT2D eigenvalue weighted by molar-refractivity contribution is 5.69. The summed E-state index contributed by atoms with van der Waals surface area (Å²) in [5.41, 5.74) is 8.34. The van der Waals surface area contributed by atoms with Crippen LogP contribution in [0.4, 0.5) is 5.82 Å². The van der Waals surface area contributed by atoms with E-state index in [1.807, 2.05) is 16.9 Å². The van der Waals surface area contributed by atoms with E-state index in [9.17, 15) is 0 Å². The first kappa shape index (κ1) is 13.4. The first-order valence-corrected chi connectivity index (χ1v) is 7.39. The van der Waals surface area contributed by atoms with Gasteiger partial charge in [-0.2, -0.15) is 5.10 Å². The van der Waals surface area contributed by atoms with Crippen LogP contribution in [0, 0.1) is 5.92 Å². The van der Waals surface area contributed by atoms with Crippen LogP contribution < -0.4 is 10.6 Å². The van der Waals surface area contributed by atoms with Gasteiger partial charge >= 0.3 is 0 Å². The second kappa shape index (κ2) is 5.05. The predicted molar refractivity (Wildman–Crippen MR) is 81.0 cm³/mol. The molecule has 1 saturated heterocycles. The summed E-state index contributed by atoms with van der Waals surface area (Å²) in [6.45, 7) is 8.46. The van der Waals surface area contributed by atoms with Crippen LogP contribution in [0.3, 0.4) is 0 Å². The lowest BCUT2D eigenvalue weighted by molar-refractivity contribution is 0.400. The summed E-state index contributed by atoms with van der Waals surface area (Å²) in [6.07, 6.45) is 4.83. The van der Waals surface area contributed by atoms with Crippen molar-refractivity contribution in [2.24, 2.45) is 11.7 Å². The minimum absolute atomic E-state index is 0.230. The summed E-state index contributed by atoms with van der Waals surface area (Å²) < 4.78 is 1.93. The second-order valence-corrected chi connectivity index (χ2v) is 6.31. The lowest BCUT2D eigenvalue weighted by Gasteiger charge is -2.35. The first-order chi connectivity index (χ1) is 9.54. The summed E-state index contributed by atoms with van der Waals surface area (Å²) in [6, 6.07) is 2.38. The van der Waals surface area contributed by atoms with E-state index < -0.39 is 0 Å². The molecule has 5 nitrogen and oxygen atoms in total. The van der Waals surface area contributed by atoms with Crippen LogP contribution in [-0.4, -0.2) is 33.7 Å². The van der Waals surface area contributed by atoms with Crippen molar-refractivity contribution in [2.75, 3.05) is 18.0 Å². The average Bonchev–Trinajstić information content (AvgIpc) is 2.81. The number of nitrogens with two attached hydrogens (primary N) is 1. The van der Waals surface area contributed by atoms with E-state index in [4.69, 9.17) is 5.73 Å². The minimum atomic E-state index is 0.230. The third-order valence-corrected chi connectivity index (χ3v) is 3.97. The third-order valence-electron chi connectivity index (χ3n) is 3.97. The SMILES string of the molecule is CC1CC(N)CN(c2nccn3nc(C(C)C)cc23)C1. The number of hydrogen-bond donors (Lipinski definition) is 1. The average molecular weight is 273 g/mol. The molecule has 0 aromatic carbocycles. The molecule has 2 aromatic rings. The molecule has 108 valence electrons. The lowest BCUT2D eigenvalue weighted by atomic mass is 9.96. The van der Waals surface area contributed by atoms with Crippen LogP contribution >= 0.6 is 0 Å². The monoisotopic (exact) mass is 273 g/mol. The Labute approximate surface area is 119 Å². The fourth-order valence-electron chi connectivity index (χ4n) is 3.03. The quantitative estimate of drug-likeness (QED) is 0.909. The van der Waals surface area contributed by atoms with Crippen molar-refractivity contribution in [3.8, 4) is 0 Å². The molecule has 0 bridgehead atoms. The van der Waals surface area contributed by atoms with E-state index in [-0.39, 0.29) is 6.04 Å². The van der Waals surface area contributed by atoms with Crippen molar-refractivity contribution in [2.45, 2.75) is 39.2 Å². The van der Waals surface area contributed by atoms with Gasteiger partial charge in [-0.1, -0.05) is 20.8 Å². The fourth-order valence-corrected chi connectivity index (χ4v) is 3.03. The van der Waals surface area contributed by atoms with Gasteiger partial charge in [0.2, 0.25) is 0 Å². The van der Waals surface area contributed by atoms with Gasteiger partial charge in [-0.05, 0) is 24.3 Å². The molecule has 20 heavy (non-hydrogen) atoms. The maximum atomic E-state index is 6.16. The summed E-state index contributed by atoms with van der Waals surface area (Å²) in [4.78, 5) is 6.89. The largest absolute Gasteiger partial charge is 0.353 e. The van der Waals surface area contributed by atoms with Gasteiger partial charge in [0.25, 0.3) is 0 Å². The zero-order chi connectivity index (χ0) is 14.3. The molecule has 0 spiro atoms. The third kappa shape index (κ3) is 2.38. The zero-order valence-corrected chi connectivity index (χ0v) is 12.5. The molecule has 1 fully saturated rings. The van der Waals surface area contributed by atoms with Gasteiger partial charge in [0.05, 0.1) is 5.69 Å². The van der Waals surface area contributed by atoms with E-state index in [0.29, 0.717) is 11.8 Å². The Bertz CT molecular complexity index is 593. The van der Waals surface area contributed by atoms with Crippen LogP contribution in [0.5, 0.6) is 0 Å². The molecule has 0 aliphatic carbocycles. The smallest absolute Gasteiger partial charge is 0.154 e. The zero-order valence-electron chi connectivity index (χ0n) is 12.5. The molecule has 0 radical (unpaired) electrons. The highest BCUT2D eigenvalue weighted by Gasteiger charge is 2.25. The topological polar surface area (TPSA) is 59.5 Å². The van der Waals surface area contributed by atoms with Crippen molar-refractivity contribution >= 4 is 11.3 Å². The molecule has 0 saturated carbocycles. The Hall–Kier alpha value is -1.62.